The molecule has 2 fully saturated rings. The van der Waals surface area contributed by atoms with Crippen molar-refractivity contribution in [2.75, 3.05) is 19.3 Å². The molecular formula is C17H29N3O2S. The third-order valence-electron chi connectivity index (χ3n) is 5.27. The van der Waals surface area contributed by atoms with E-state index >= 15 is 0 Å². The van der Waals surface area contributed by atoms with Crippen molar-refractivity contribution in [3.63, 3.8) is 0 Å². The second-order valence-corrected chi connectivity index (χ2v) is 9.11. The molecule has 23 heavy (non-hydrogen) atoms. The molecule has 2 aliphatic rings. The highest BCUT2D eigenvalue weighted by Crippen LogP contribution is 2.32. The van der Waals surface area contributed by atoms with Gasteiger partial charge in [0.25, 0.3) is 0 Å². The van der Waals surface area contributed by atoms with Gasteiger partial charge in [-0.2, -0.15) is 4.31 Å². The normalized spacial score (nSPS) is 24.6. The molecule has 1 aromatic rings. The lowest BCUT2D eigenvalue weighted by atomic mass is 9.91. The van der Waals surface area contributed by atoms with Crippen molar-refractivity contribution in [1.29, 1.82) is 0 Å². The maximum atomic E-state index is 12.3. The molecule has 1 aliphatic heterocycles. The Bertz CT molecular complexity index is 622. The summed E-state index contributed by atoms with van der Waals surface area (Å²) < 4.78 is 28.5. The van der Waals surface area contributed by atoms with Crippen molar-refractivity contribution < 1.29 is 8.42 Å². The van der Waals surface area contributed by atoms with Gasteiger partial charge in [-0.15, -0.1) is 0 Å². The van der Waals surface area contributed by atoms with E-state index in [0.717, 1.165) is 51.7 Å². The highest BCUT2D eigenvalue weighted by Gasteiger charge is 2.37. The smallest absolute Gasteiger partial charge is 0.211 e. The Labute approximate surface area is 140 Å². The van der Waals surface area contributed by atoms with Gasteiger partial charge in [-0.05, 0) is 50.3 Å². The second-order valence-electron chi connectivity index (χ2n) is 7.22. The van der Waals surface area contributed by atoms with Crippen molar-refractivity contribution in [2.45, 2.75) is 57.2 Å². The van der Waals surface area contributed by atoms with E-state index < -0.39 is 10.0 Å². The topological polar surface area (TPSA) is 45.5 Å². The van der Waals surface area contributed by atoms with Crippen molar-refractivity contribution in [3.8, 4) is 0 Å². The van der Waals surface area contributed by atoms with Crippen molar-refractivity contribution in [2.24, 2.45) is 7.05 Å². The van der Waals surface area contributed by atoms with Gasteiger partial charge in [0.2, 0.25) is 10.0 Å². The summed E-state index contributed by atoms with van der Waals surface area (Å²) in [5.41, 5.74) is 1.34. The zero-order chi connectivity index (χ0) is 16.4. The molecule has 1 saturated carbocycles. The van der Waals surface area contributed by atoms with E-state index in [4.69, 9.17) is 0 Å². The van der Waals surface area contributed by atoms with Crippen LogP contribution < -0.4 is 0 Å². The minimum atomic E-state index is -3.10. The maximum absolute atomic E-state index is 12.3. The van der Waals surface area contributed by atoms with E-state index in [9.17, 15) is 8.42 Å². The number of sulfonamides is 1. The van der Waals surface area contributed by atoms with Crippen LogP contribution in [-0.2, 0) is 23.6 Å². The van der Waals surface area contributed by atoms with E-state index in [2.05, 4.69) is 27.9 Å². The van der Waals surface area contributed by atoms with Gasteiger partial charge in [-0.25, -0.2) is 8.42 Å². The fourth-order valence-electron chi connectivity index (χ4n) is 3.94. The van der Waals surface area contributed by atoms with Crippen LogP contribution in [0, 0.1) is 0 Å². The Morgan fingerprint density at radius 1 is 1.13 bits per heavy atom. The van der Waals surface area contributed by atoms with Crippen LogP contribution in [0.1, 0.15) is 44.1 Å². The highest BCUT2D eigenvalue weighted by atomic mass is 32.2. The fraction of sp³-hybridized carbons (Fsp3) is 0.765. The predicted molar refractivity (Wildman–Crippen MR) is 92.7 cm³/mol. The number of aromatic nitrogens is 1. The zero-order valence-corrected chi connectivity index (χ0v) is 15.1. The van der Waals surface area contributed by atoms with Crippen LogP contribution in [0.15, 0.2) is 18.5 Å². The number of hydrogen-bond donors (Lipinski definition) is 0. The summed E-state index contributed by atoms with van der Waals surface area (Å²) >= 11 is 0. The molecule has 1 atom stereocenters. The SMILES string of the molecule is Cn1ccc(CN2CCC[C@@H](N(C3CCC3)S(C)(=O)=O)CC2)c1. The van der Waals surface area contributed by atoms with E-state index in [0.29, 0.717) is 0 Å². The van der Waals surface area contributed by atoms with Crippen LogP contribution in [0.3, 0.4) is 0 Å². The van der Waals surface area contributed by atoms with E-state index in [1.165, 1.54) is 18.2 Å². The summed E-state index contributed by atoms with van der Waals surface area (Å²) in [5, 5.41) is 0. The minimum Gasteiger partial charge on any atom is -0.357 e. The molecular weight excluding hydrogens is 310 g/mol. The van der Waals surface area contributed by atoms with Gasteiger partial charge in [0.15, 0.2) is 0 Å². The lowest BCUT2D eigenvalue weighted by molar-refractivity contribution is 0.160. The molecule has 1 saturated heterocycles. The summed E-state index contributed by atoms with van der Waals surface area (Å²) in [4.78, 5) is 2.47. The summed E-state index contributed by atoms with van der Waals surface area (Å²) in [6.45, 7) is 3.02. The number of aryl methyl sites for hydroxylation is 1. The van der Waals surface area contributed by atoms with Crippen LogP contribution in [-0.4, -0.2) is 53.6 Å². The highest BCUT2D eigenvalue weighted by molar-refractivity contribution is 7.88. The monoisotopic (exact) mass is 339 g/mol. The molecule has 0 aromatic carbocycles. The molecule has 1 aliphatic carbocycles. The number of rotatable bonds is 5. The maximum Gasteiger partial charge on any atom is 0.211 e. The van der Waals surface area contributed by atoms with Gasteiger partial charge >= 0.3 is 0 Å². The largest absolute Gasteiger partial charge is 0.357 e. The molecule has 2 heterocycles. The van der Waals surface area contributed by atoms with Crippen molar-refractivity contribution in [3.05, 3.63) is 24.0 Å². The van der Waals surface area contributed by atoms with Crippen LogP contribution in [0.2, 0.25) is 0 Å². The Kier molecular flexibility index (Phi) is 5.13. The molecule has 3 rings (SSSR count). The molecule has 0 unspecified atom stereocenters. The van der Waals surface area contributed by atoms with Gasteiger partial charge in [-0.1, -0.05) is 6.42 Å². The third kappa shape index (κ3) is 4.17. The summed E-state index contributed by atoms with van der Waals surface area (Å²) in [5.74, 6) is 0. The molecule has 6 heteroatoms. The van der Waals surface area contributed by atoms with Crippen LogP contribution >= 0.6 is 0 Å². The van der Waals surface area contributed by atoms with Gasteiger partial charge in [0.1, 0.15) is 0 Å². The number of hydrogen-bond acceptors (Lipinski definition) is 3. The van der Waals surface area contributed by atoms with Crippen LogP contribution in [0.4, 0.5) is 0 Å². The summed E-state index contributed by atoms with van der Waals surface area (Å²) in [7, 11) is -1.06. The molecule has 130 valence electrons. The number of nitrogens with zero attached hydrogens (tertiary/aromatic N) is 3. The van der Waals surface area contributed by atoms with Crippen molar-refractivity contribution in [1.82, 2.24) is 13.8 Å². The average Bonchev–Trinajstić information content (AvgIpc) is 2.68. The first-order valence-electron chi connectivity index (χ1n) is 8.75. The Morgan fingerprint density at radius 2 is 1.83 bits per heavy atom. The Balaban J connectivity index is 1.62. The molecule has 0 amide bonds. The van der Waals surface area contributed by atoms with Gasteiger partial charge < -0.3 is 4.57 Å². The molecule has 0 bridgehead atoms. The molecule has 0 radical (unpaired) electrons. The van der Waals surface area contributed by atoms with Crippen LogP contribution in [0.5, 0.6) is 0 Å². The van der Waals surface area contributed by atoms with Gasteiger partial charge in [0.05, 0.1) is 6.26 Å². The van der Waals surface area contributed by atoms with Crippen molar-refractivity contribution >= 4 is 10.0 Å². The predicted octanol–water partition coefficient (Wildman–Crippen LogP) is 2.19. The first kappa shape index (κ1) is 17.0. The summed E-state index contributed by atoms with van der Waals surface area (Å²) in [6, 6.07) is 2.62. The zero-order valence-electron chi connectivity index (χ0n) is 14.3. The van der Waals surface area contributed by atoms with E-state index in [1.54, 1.807) is 0 Å². The van der Waals surface area contributed by atoms with Crippen LogP contribution in [0.25, 0.3) is 0 Å². The lowest BCUT2D eigenvalue weighted by Crippen LogP contribution is -2.49. The second kappa shape index (κ2) is 6.95. The Morgan fingerprint density at radius 3 is 2.39 bits per heavy atom. The minimum absolute atomic E-state index is 0.191. The summed E-state index contributed by atoms with van der Waals surface area (Å²) in [6.07, 6.45) is 11.9. The lowest BCUT2D eigenvalue weighted by Gasteiger charge is -2.40. The first-order chi connectivity index (χ1) is 10.9. The first-order valence-corrected chi connectivity index (χ1v) is 10.6. The van der Waals surface area contributed by atoms with E-state index in [-0.39, 0.29) is 12.1 Å². The third-order valence-corrected chi connectivity index (χ3v) is 6.63. The quantitative estimate of drug-likeness (QED) is 0.826. The molecule has 5 nitrogen and oxygen atoms in total. The van der Waals surface area contributed by atoms with E-state index in [1.807, 2.05) is 11.4 Å². The molecule has 0 N–H and O–H groups in total. The Hall–Kier alpha value is -0.850. The van der Waals surface area contributed by atoms with Gasteiger partial charge in [-0.3, -0.25) is 4.90 Å². The standard InChI is InChI=1S/C17H29N3O2S/c1-18-11-8-15(13-18)14-19-10-4-7-17(9-12-19)20(23(2,21)22)16-5-3-6-16/h8,11,13,16-17H,3-7,9-10,12,14H2,1-2H3/t17-/m1/s1. The molecule has 0 spiro atoms. The van der Waals surface area contributed by atoms with Gasteiger partial charge in [0, 0.05) is 44.6 Å². The average molecular weight is 340 g/mol. The fourth-order valence-corrected chi connectivity index (χ4v) is 5.45. The molecule has 1 aromatic heterocycles. The number of likely N-dealkylation sites (tertiary alicyclic amines) is 1.